The number of pyridine rings is 1. The SMILES string of the molecule is CCNc1c2c(nc3cc(F)c(C)cc13)CCCCC2. The van der Waals surface area contributed by atoms with Crippen LogP contribution in [0, 0.1) is 12.7 Å². The Balaban J connectivity index is 2.30. The Labute approximate surface area is 119 Å². The number of anilines is 1. The van der Waals surface area contributed by atoms with Crippen LogP contribution in [-0.4, -0.2) is 11.5 Å². The van der Waals surface area contributed by atoms with Gasteiger partial charge in [0, 0.05) is 29.4 Å². The van der Waals surface area contributed by atoms with Crippen molar-refractivity contribution in [2.75, 3.05) is 11.9 Å². The molecule has 2 aromatic rings. The standard InChI is InChI=1S/C17H21FN2/c1-3-19-17-12-7-5-4-6-8-15(12)20-16-10-14(18)11(2)9-13(16)17/h9-10H,3-8H2,1-2H3,(H,19,20). The zero-order chi connectivity index (χ0) is 14.1. The summed E-state index contributed by atoms with van der Waals surface area (Å²) in [5.74, 6) is -0.166. The summed E-state index contributed by atoms with van der Waals surface area (Å²) in [7, 11) is 0. The predicted octanol–water partition coefficient (Wildman–Crippen LogP) is 4.38. The minimum atomic E-state index is -0.166. The molecule has 0 unspecified atom stereocenters. The quantitative estimate of drug-likeness (QED) is 0.820. The van der Waals surface area contributed by atoms with Crippen LogP contribution in [0.4, 0.5) is 10.1 Å². The number of hydrogen-bond acceptors (Lipinski definition) is 2. The summed E-state index contributed by atoms with van der Waals surface area (Å²) in [4.78, 5) is 4.74. The molecule has 2 nitrogen and oxygen atoms in total. The average Bonchev–Trinajstić information content (AvgIpc) is 2.66. The maximum Gasteiger partial charge on any atom is 0.128 e. The van der Waals surface area contributed by atoms with Crippen molar-refractivity contribution in [2.45, 2.75) is 46.0 Å². The van der Waals surface area contributed by atoms with Gasteiger partial charge >= 0.3 is 0 Å². The van der Waals surface area contributed by atoms with Gasteiger partial charge in [0.05, 0.1) is 5.52 Å². The molecule has 3 heteroatoms. The van der Waals surface area contributed by atoms with Crippen LogP contribution in [0.25, 0.3) is 10.9 Å². The van der Waals surface area contributed by atoms with Crippen LogP contribution in [-0.2, 0) is 12.8 Å². The van der Waals surface area contributed by atoms with Crippen molar-refractivity contribution in [2.24, 2.45) is 0 Å². The number of fused-ring (bicyclic) bond motifs is 2. The van der Waals surface area contributed by atoms with Crippen molar-refractivity contribution in [3.8, 4) is 0 Å². The van der Waals surface area contributed by atoms with E-state index in [1.807, 2.05) is 13.0 Å². The molecule has 0 radical (unpaired) electrons. The van der Waals surface area contributed by atoms with E-state index in [1.165, 1.54) is 30.5 Å². The molecule has 0 atom stereocenters. The first-order chi connectivity index (χ1) is 9.70. The molecule has 20 heavy (non-hydrogen) atoms. The van der Waals surface area contributed by atoms with Gasteiger partial charge in [0.25, 0.3) is 0 Å². The summed E-state index contributed by atoms with van der Waals surface area (Å²) in [5, 5.41) is 4.55. The number of halogens is 1. The van der Waals surface area contributed by atoms with Crippen LogP contribution in [0.15, 0.2) is 12.1 Å². The first-order valence-electron chi connectivity index (χ1n) is 7.56. The van der Waals surface area contributed by atoms with Gasteiger partial charge in [-0.15, -0.1) is 0 Å². The molecule has 0 saturated carbocycles. The maximum atomic E-state index is 13.8. The Morgan fingerprint density at radius 2 is 2.00 bits per heavy atom. The lowest BCUT2D eigenvalue weighted by Gasteiger charge is -2.17. The van der Waals surface area contributed by atoms with Crippen molar-refractivity contribution in [1.82, 2.24) is 4.98 Å². The highest BCUT2D eigenvalue weighted by Crippen LogP contribution is 2.33. The van der Waals surface area contributed by atoms with E-state index in [1.54, 1.807) is 6.07 Å². The van der Waals surface area contributed by atoms with E-state index >= 15 is 0 Å². The second-order valence-electron chi connectivity index (χ2n) is 5.62. The third kappa shape index (κ3) is 2.26. The number of aromatic nitrogens is 1. The molecule has 1 N–H and O–H groups in total. The van der Waals surface area contributed by atoms with Crippen molar-refractivity contribution in [3.63, 3.8) is 0 Å². The predicted molar refractivity (Wildman–Crippen MR) is 81.9 cm³/mol. The van der Waals surface area contributed by atoms with Crippen molar-refractivity contribution in [1.29, 1.82) is 0 Å². The van der Waals surface area contributed by atoms with E-state index in [0.717, 1.165) is 36.0 Å². The highest BCUT2D eigenvalue weighted by Gasteiger charge is 2.17. The molecule has 1 aliphatic carbocycles. The third-order valence-electron chi connectivity index (χ3n) is 4.15. The van der Waals surface area contributed by atoms with Gasteiger partial charge in [-0.25, -0.2) is 4.39 Å². The van der Waals surface area contributed by atoms with E-state index in [-0.39, 0.29) is 5.82 Å². The van der Waals surface area contributed by atoms with Crippen LogP contribution in [0.5, 0.6) is 0 Å². The fraction of sp³-hybridized carbons (Fsp3) is 0.471. The topological polar surface area (TPSA) is 24.9 Å². The van der Waals surface area contributed by atoms with Crippen LogP contribution in [0.2, 0.25) is 0 Å². The van der Waals surface area contributed by atoms with Crippen LogP contribution in [0.3, 0.4) is 0 Å². The van der Waals surface area contributed by atoms with E-state index in [9.17, 15) is 4.39 Å². The number of nitrogens with zero attached hydrogens (tertiary/aromatic N) is 1. The minimum absolute atomic E-state index is 0.166. The maximum absolute atomic E-state index is 13.8. The van der Waals surface area contributed by atoms with E-state index in [4.69, 9.17) is 4.98 Å². The number of aryl methyl sites for hydroxylation is 2. The molecule has 3 rings (SSSR count). The Morgan fingerprint density at radius 1 is 1.20 bits per heavy atom. The van der Waals surface area contributed by atoms with Gasteiger partial charge < -0.3 is 5.32 Å². The Morgan fingerprint density at radius 3 is 2.80 bits per heavy atom. The molecule has 0 saturated heterocycles. The van der Waals surface area contributed by atoms with Crippen LogP contribution >= 0.6 is 0 Å². The molecule has 0 amide bonds. The third-order valence-corrected chi connectivity index (χ3v) is 4.15. The second kappa shape index (κ2) is 5.39. The molecule has 0 bridgehead atoms. The average molecular weight is 272 g/mol. The summed E-state index contributed by atoms with van der Waals surface area (Å²) in [5.41, 5.74) is 5.16. The van der Waals surface area contributed by atoms with Crippen molar-refractivity contribution >= 4 is 16.6 Å². The van der Waals surface area contributed by atoms with Crippen LogP contribution < -0.4 is 5.32 Å². The molecular weight excluding hydrogens is 251 g/mol. The largest absolute Gasteiger partial charge is 0.384 e. The lowest BCUT2D eigenvalue weighted by molar-refractivity contribution is 0.620. The lowest BCUT2D eigenvalue weighted by atomic mass is 10.0. The number of hydrogen-bond donors (Lipinski definition) is 1. The van der Waals surface area contributed by atoms with E-state index in [2.05, 4.69) is 12.2 Å². The molecule has 1 aliphatic rings. The van der Waals surface area contributed by atoms with Gasteiger partial charge in [-0.05, 0) is 56.7 Å². The highest BCUT2D eigenvalue weighted by atomic mass is 19.1. The van der Waals surface area contributed by atoms with Gasteiger partial charge in [0.15, 0.2) is 0 Å². The molecule has 1 aromatic carbocycles. The Hall–Kier alpha value is -1.64. The zero-order valence-electron chi connectivity index (χ0n) is 12.2. The summed E-state index contributed by atoms with van der Waals surface area (Å²) in [6.07, 6.45) is 5.76. The van der Waals surface area contributed by atoms with Crippen molar-refractivity contribution < 1.29 is 4.39 Å². The Bertz CT molecular complexity index is 649. The fourth-order valence-electron chi connectivity index (χ4n) is 3.11. The summed E-state index contributed by atoms with van der Waals surface area (Å²) >= 11 is 0. The highest BCUT2D eigenvalue weighted by molar-refractivity contribution is 5.94. The lowest BCUT2D eigenvalue weighted by Crippen LogP contribution is -2.07. The summed E-state index contributed by atoms with van der Waals surface area (Å²) in [6.45, 7) is 4.80. The summed E-state index contributed by atoms with van der Waals surface area (Å²) in [6, 6.07) is 3.51. The minimum Gasteiger partial charge on any atom is -0.384 e. The van der Waals surface area contributed by atoms with E-state index in [0.29, 0.717) is 5.56 Å². The van der Waals surface area contributed by atoms with Gasteiger partial charge in [-0.2, -0.15) is 0 Å². The van der Waals surface area contributed by atoms with Crippen molar-refractivity contribution in [3.05, 3.63) is 34.8 Å². The second-order valence-corrected chi connectivity index (χ2v) is 5.62. The molecule has 0 aliphatic heterocycles. The van der Waals surface area contributed by atoms with E-state index < -0.39 is 0 Å². The fourth-order valence-corrected chi connectivity index (χ4v) is 3.11. The number of benzene rings is 1. The first-order valence-corrected chi connectivity index (χ1v) is 7.56. The summed E-state index contributed by atoms with van der Waals surface area (Å²) < 4.78 is 13.8. The van der Waals surface area contributed by atoms with Gasteiger partial charge in [-0.1, -0.05) is 6.42 Å². The van der Waals surface area contributed by atoms with Gasteiger partial charge in [0.2, 0.25) is 0 Å². The first kappa shape index (κ1) is 13.3. The molecule has 1 aromatic heterocycles. The molecule has 1 heterocycles. The normalized spacial score (nSPS) is 14.9. The number of nitrogens with one attached hydrogen (secondary N) is 1. The molecule has 0 fully saturated rings. The molecule has 0 spiro atoms. The Kier molecular flexibility index (Phi) is 3.60. The number of rotatable bonds is 2. The molecular formula is C17H21FN2. The monoisotopic (exact) mass is 272 g/mol. The smallest absolute Gasteiger partial charge is 0.128 e. The van der Waals surface area contributed by atoms with Gasteiger partial charge in [0.1, 0.15) is 5.82 Å². The zero-order valence-corrected chi connectivity index (χ0v) is 12.2. The molecule has 106 valence electrons. The van der Waals surface area contributed by atoms with Crippen LogP contribution in [0.1, 0.15) is 43.0 Å². The van der Waals surface area contributed by atoms with Gasteiger partial charge in [-0.3, -0.25) is 4.98 Å².